The van der Waals surface area contributed by atoms with Crippen LogP contribution in [0.25, 0.3) is 31.9 Å². The second-order valence-corrected chi connectivity index (χ2v) is 17.4. The monoisotopic (exact) mass is 777 g/mol. The third kappa shape index (κ3) is 6.32. The molecule has 9 aromatic rings. The molecule has 3 nitrogen and oxygen atoms in total. The molecule has 1 aliphatic heterocycles. The molecule has 59 heavy (non-hydrogen) atoms. The molecule has 2 atom stereocenters. The molecule has 1 aliphatic carbocycles. The molecule has 1 fully saturated rings. The van der Waals surface area contributed by atoms with Gasteiger partial charge in [0.05, 0.1) is 21.6 Å². The van der Waals surface area contributed by atoms with Crippen LogP contribution in [-0.2, 0) is 5.41 Å². The molecule has 2 heterocycles. The van der Waals surface area contributed by atoms with Crippen LogP contribution in [-0.4, -0.2) is 4.98 Å². The van der Waals surface area contributed by atoms with Gasteiger partial charge in [0.25, 0.3) is 0 Å². The lowest BCUT2D eigenvalue weighted by atomic mass is 9.72. The molecular formula is C55H43N3S. The summed E-state index contributed by atoms with van der Waals surface area (Å²) in [5.74, 6) is 1.01. The van der Waals surface area contributed by atoms with E-state index in [0.717, 1.165) is 27.6 Å². The SMILES string of the molecule is CC1(C)c2cc(C3CC3c3ccc(-c4ccc5nc(-c6ccccc6)sc5c4)cc3)ccc2N(c2ccccc2)c2ccc(N(c3ccccc3)c3ccccc3)cc21. The van der Waals surface area contributed by atoms with E-state index in [1.165, 1.54) is 67.1 Å². The summed E-state index contributed by atoms with van der Waals surface area (Å²) in [5, 5.41) is 1.07. The molecule has 0 saturated heterocycles. The minimum atomic E-state index is -0.242. The Labute approximate surface area is 350 Å². The van der Waals surface area contributed by atoms with E-state index in [-0.39, 0.29) is 5.41 Å². The van der Waals surface area contributed by atoms with Crippen molar-refractivity contribution in [1.82, 2.24) is 4.98 Å². The summed E-state index contributed by atoms with van der Waals surface area (Å²) in [7, 11) is 0. The second kappa shape index (κ2) is 14.3. The van der Waals surface area contributed by atoms with Gasteiger partial charge in [-0.3, -0.25) is 0 Å². The van der Waals surface area contributed by atoms with Gasteiger partial charge in [0.15, 0.2) is 0 Å². The first-order valence-corrected chi connectivity index (χ1v) is 21.4. The number of benzene rings is 8. The number of para-hydroxylation sites is 3. The lowest BCUT2D eigenvalue weighted by Gasteiger charge is -2.43. The molecule has 0 amide bonds. The van der Waals surface area contributed by atoms with E-state index < -0.39 is 0 Å². The summed E-state index contributed by atoms with van der Waals surface area (Å²) in [6.07, 6.45) is 1.17. The quantitative estimate of drug-likeness (QED) is 0.153. The number of rotatable bonds is 8. The van der Waals surface area contributed by atoms with Gasteiger partial charge >= 0.3 is 0 Å². The summed E-state index contributed by atoms with van der Waals surface area (Å²) in [5.41, 5.74) is 17.1. The Morgan fingerprint density at radius 1 is 0.508 bits per heavy atom. The molecule has 0 spiro atoms. The number of fused-ring (bicyclic) bond motifs is 3. The zero-order valence-corrected chi connectivity index (χ0v) is 34.0. The van der Waals surface area contributed by atoms with Gasteiger partial charge in [0, 0.05) is 33.7 Å². The molecule has 0 bridgehead atoms. The lowest BCUT2D eigenvalue weighted by molar-refractivity contribution is 0.630. The van der Waals surface area contributed by atoms with Crippen molar-refractivity contribution in [2.24, 2.45) is 0 Å². The standard InChI is InChI=1S/C55H43N3S/c1-55(2)48-33-41(47-36-46(47)38-25-23-37(24-26-38)40-27-30-50-53(34-40)59-54(56-50)39-15-7-3-8-16-39)28-31-51(48)58(44-21-13-6-14-22-44)52-32-29-45(35-49(52)55)57(42-17-9-4-10-18-42)43-19-11-5-12-20-43/h3-35,46-47H,36H2,1-2H3. The van der Waals surface area contributed by atoms with Crippen molar-refractivity contribution >= 4 is 55.7 Å². The smallest absolute Gasteiger partial charge is 0.124 e. The molecule has 2 aliphatic rings. The Kier molecular flexibility index (Phi) is 8.56. The normalized spacial score (nSPS) is 16.3. The fourth-order valence-electron chi connectivity index (χ4n) is 9.23. The van der Waals surface area contributed by atoms with Crippen molar-refractivity contribution in [2.75, 3.05) is 9.80 Å². The summed E-state index contributed by atoms with van der Waals surface area (Å²) >= 11 is 1.76. The Morgan fingerprint density at radius 3 is 1.75 bits per heavy atom. The summed E-state index contributed by atoms with van der Waals surface area (Å²) in [6.45, 7) is 4.82. The molecule has 8 aromatic carbocycles. The number of anilines is 6. The van der Waals surface area contributed by atoms with Crippen LogP contribution in [0.2, 0.25) is 0 Å². The molecule has 2 unspecified atom stereocenters. The minimum Gasteiger partial charge on any atom is -0.310 e. The predicted molar refractivity (Wildman–Crippen MR) is 249 cm³/mol. The number of aromatic nitrogens is 1. The third-order valence-corrected chi connectivity index (χ3v) is 13.5. The first-order chi connectivity index (χ1) is 29.0. The number of nitrogens with zero attached hydrogens (tertiary/aromatic N) is 3. The van der Waals surface area contributed by atoms with Crippen molar-refractivity contribution in [3.63, 3.8) is 0 Å². The van der Waals surface area contributed by atoms with Crippen molar-refractivity contribution in [1.29, 1.82) is 0 Å². The van der Waals surface area contributed by atoms with Gasteiger partial charge in [-0.05, 0) is 124 Å². The molecule has 284 valence electrons. The van der Waals surface area contributed by atoms with E-state index in [2.05, 4.69) is 224 Å². The summed E-state index contributed by atoms with van der Waals surface area (Å²) in [4.78, 5) is 9.75. The van der Waals surface area contributed by atoms with Gasteiger partial charge in [0.2, 0.25) is 0 Å². The second-order valence-electron chi connectivity index (χ2n) is 16.4. The maximum absolute atomic E-state index is 4.91. The van der Waals surface area contributed by atoms with Crippen LogP contribution in [0.15, 0.2) is 200 Å². The molecule has 1 saturated carbocycles. The fourth-order valence-corrected chi connectivity index (χ4v) is 10.2. The zero-order chi connectivity index (χ0) is 39.5. The topological polar surface area (TPSA) is 19.4 Å². The van der Waals surface area contributed by atoms with Gasteiger partial charge in [0.1, 0.15) is 5.01 Å². The Hall–Kier alpha value is -6.75. The Bertz CT molecular complexity index is 2900. The average molecular weight is 778 g/mol. The molecule has 0 N–H and O–H groups in total. The molecular weight excluding hydrogens is 735 g/mol. The van der Waals surface area contributed by atoms with E-state index in [9.17, 15) is 0 Å². The highest BCUT2D eigenvalue weighted by atomic mass is 32.1. The van der Waals surface area contributed by atoms with Crippen LogP contribution in [0.4, 0.5) is 34.1 Å². The number of thiazole rings is 1. The van der Waals surface area contributed by atoms with Crippen molar-refractivity contribution in [3.8, 4) is 21.7 Å². The highest BCUT2D eigenvalue weighted by Gasteiger charge is 2.42. The third-order valence-electron chi connectivity index (χ3n) is 12.4. The molecule has 11 rings (SSSR count). The highest BCUT2D eigenvalue weighted by Crippen LogP contribution is 2.58. The lowest BCUT2D eigenvalue weighted by Crippen LogP contribution is -2.31. The van der Waals surface area contributed by atoms with E-state index in [1.807, 2.05) is 0 Å². The molecule has 4 heteroatoms. The van der Waals surface area contributed by atoms with Crippen LogP contribution in [0.5, 0.6) is 0 Å². The first kappa shape index (κ1) is 35.4. The van der Waals surface area contributed by atoms with Gasteiger partial charge < -0.3 is 9.80 Å². The first-order valence-electron chi connectivity index (χ1n) is 20.6. The van der Waals surface area contributed by atoms with E-state index in [4.69, 9.17) is 4.98 Å². The van der Waals surface area contributed by atoms with E-state index in [1.54, 1.807) is 11.3 Å². The van der Waals surface area contributed by atoms with Crippen LogP contribution < -0.4 is 9.80 Å². The maximum atomic E-state index is 4.91. The van der Waals surface area contributed by atoms with Crippen molar-refractivity contribution < 1.29 is 0 Å². The van der Waals surface area contributed by atoms with Crippen LogP contribution in [0.1, 0.15) is 54.4 Å². The van der Waals surface area contributed by atoms with Crippen molar-refractivity contribution in [3.05, 3.63) is 222 Å². The average Bonchev–Trinajstić information content (AvgIpc) is 3.98. The van der Waals surface area contributed by atoms with Crippen molar-refractivity contribution in [2.45, 2.75) is 37.5 Å². The van der Waals surface area contributed by atoms with Gasteiger partial charge in [-0.25, -0.2) is 4.98 Å². The van der Waals surface area contributed by atoms with Gasteiger partial charge in [-0.15, -0.1) is 11.3 Å². The van der Waals surface area contributed by atoms with Crippen LogP contribution in [0, 0.1) is 0 Å². The van der Waals surface area contributed by atoms with E-state index in [0.29, 0.717) is 11.8 Å². The van der Waals surface area contributed by atoms with Crippen LogP contribution in [0.3, 0.4) is 0 Å². The zero-order valence-electron chi connectivity index (χ0n) is 33.2. The van der Waals surface area contributed by atoms with Gasteiger partial charge in [-0.2, -0.15) is 0 Å². The minimum absolute atomic E-state index is 0.242. The number of hydrogen-bond acceptors (Lipinski definition) is 4. The number of hydrogen-bond donors (Lipinski definition) is 0. The summed E-state index contributed by atoms with van der Waals surface area (Å²) in [6, 6.07) is 73.1. The highest BCUT2D eigenvalue weighted by molar-refractivity contribution is 7.21. The Morgan fingerprint density at radius 2 is 1.07 bits per heavy atom. The Balaban J connectivity index is 0.916. The fraction of sp³-hybridized carbons (Fsp3) is 0.109. The maximum Gasteiger partial charge on any atom is 0.124 e. The summed E-state index contributed by atoms with van der Waals surface area (Å²) < 4.78 is 1.22. The van der Waals surface area contributed by atoms with Gasteiger partial charge in [-0.1, -0.05) is 141 Å². The van der Waals surface area contributed by atoms with E-state index >= 15 is 0 Å². The van der Waals surface area contributed by atoms with Crippen LogP contribution >= 0.6 is 11.3 Å². The largest absolute Gasteiger partial charge is 0.310 e. The molecule has 1 aromatic heterocycles. The predicted octanol–water partition coefficient (Wildman–Crippen LogP) is 15.5. The molecule has 0 radical (unpaired) electrons.